The first-order valence-electron chi connectivity index (χ1n) is 7.50. The predicted octanol–water partition coefficient (Wildman–Crippen LogP) is 2.29. The fraction of sp³-hybridized carbons (Fsp3) is 0.278. The number of nitrogens with zero attached hydrogens (tertiary/aromatic N) is 1. The summed E-state index contributed by atoms with van der Waals surface area (Å²) >= 11 is 0. The average Bonchev–Trinajstić information content (AvgIpc) is 3.00. The summed E-state index contributed by atoms with van der Waals surface area (Å²) in [7, 11) is 3.94. The van der Waals surface area contributed by atoms with Gasteiger partial charge in [-0.15, -0.1) is 0 Å². The van der Waals surface area contributed by atoms with Gasteiger partial charge in [0.25, 0.3) is 5.91 Å². The van der Waals surface area contributed by atoms with Crippen LogP contribution in [0.4, 0.5) is 5.69 Å². The Hall–Kier alpha value is -2.33. The van der Waals surface area contributed by atoms with Crippen LogP contribution in [0.15, 0.2) is 42.5 Å². The molecular weight excluding hydrogens is 274 g/mol. The summed E-state index contributed by atoms with van der Waals surface area (Å²) in [4.78, 5) is 14.3. The van der Waals surface area contributed by atoms with E-state index in [4.69, 9.17) is 0 Å². The molecule has 4 nitrogen and oxygen atoms in total. The van der Waals surface area contributed by atoms with Crippen LogP contribution >= 0.6 is 0 Å². The lowest BCUT2D eigenvalue weighted by Gasteiger charge is -2.13. The molecule has 2 aromatic rings. The smallest absolute Gasteiger partial charge is 0.251 e. The van der Waals surface area contributed by atoms with Gasteiger partial charge in [0.1, 0.15) is 0 Å². The minimum absolute atomic E-state index is 0.0395. The fourth-order valence-corrected chi connectivity index (χ4v) is 2.67. The quantitative estimate of drug-likeness (QED) is 0.909. The molecule has 0 bridgehead atoms. The first kappa shape index (κ1) is 14.6. The van der Waals surface area contributed by atoms with E-state index in [-0.39, 0.29) is 5.91 Å². The lowest BCUT2D eigenvalue weighted by molar-refractivity contribution is 0.0951. The normalized spacial score (nSPS) is 12.8. The highest BCUT2D eigenvalue weighted by Crippen LogP contribution is 2.17. The summed E-state index contributed by atoms with van der Waals surface area (Å²) in [6.07, 6.45) is 0. The molecule has 0 aromatic heterocycles. The molecule has 1 amide bonds. The van der Waals surface area contributed by atoms with E-state index in [0.29, 0.717) is 12.1 Å². The van der Waals surface area contributed by atoms with Crippen molar-refractivity contribution < 1.29 is 4.79 Å². The molecule has 3 rings (SSSR count). The van der Waals surface area contributed by atoms with E-state index in [1.807, 2.05) is 43.3 Å². The maximum atomic E-state index is 12.3. The predicted molar refractivity (Wildman–Crippen MR) is 88.9 cm³/mol. The van der Waals surface area contributed by atoms with Crippen molar-refractivity contribution in [2.24, 2.45) is 0 Å². The number of anilines is 1. The van der Waals surface area contributed by atoms with E-state index >= 15 is 0 Å². The lowest BCUT2D eigenvalue weighted by Crippen LogP contribution is -2.23. The summed E-state index contributed by atoms with van der Waals surface area (Å²) in [6.45, 7) is 2.42. The third kappa shape index (κ3) is 3.12. The molecule has 0 aliphatic carbocycles. The zero-order chi connectivity index (χ0) is 15.5. The number of nitrogens with one attached hydrogen (secondary N) is 2. The van der Waals surface area contributed by atoms with Gasteiger partial charge in [-0.05, 0) is 34.9 Å². The van der Waals surface area contributed by atoms with E-state index in [1.54, 1.807) is 0 Å². The summed E-state index contributed by atoms with van der Waals surface area (Å²) in [5.41, 5.74) is 5.54. The van der Waals surface area contributed by atoms with Crippen LogP contribution in [0.5, 0.6) is 0 Å². The Bertz CT molecular complexity index is 694. The number of hydrogen-bond acceptors (Lipinski definition) is 3. The second-order valence-corrected chi connectivity index (χ2v) is 5.83. The van der Waals surface area contributed by atoms with Gasteiger partial charge in [0.2, 0.25) is 0 Å². The van der Waals surface area contributed by atoms with Crippen LogP contribution < -0.4 is 15.5 Å². The van der Waals surface area contributed by atoms with Crippen molar-refractivity contribution in [1.29, 1.82) is 0 Å². The second-order valence-electron chi connectivity index (χ2n) is 5.83. The molecule has 1 aliphatic heterocycles. The Balaban J connectivity index is 1.66. The summed E-state index contributed by atoms with van der Waals surface area (Å²) in [5.74, 6) is -0.0395. The third-order valence-corrected chi connectivity index (χ3v) is 3.98. The van der Waals surface area contributed by atoms with E-state index in [1.165, 1.54) is 11.1 Å². The fourth-order valence-electron chi connectivity index (χ4n) is 2.67. The van der Waals surface area contributed by atoms with Crippen LogP contribution in [0.2, 0.25) is 0 Å². The van der Waals surface area contributed by atoms with Gasteiger partial charge >= 0.3 is 0 Å². The molecule has 0 saturated heterocycles. The van der Waals surface area contributed by atoms with Crippen molar-refractivity contribution in [2.75, 3.05) is 19.0 Å². The maximum absolute atomic E-state index is 12.3. The van der Waals surface area contributed by atoms with Crippen molar-refractivity contribution in [3.05, 3.63) is 64.7 Å². The molecule has 1 aliphatic rings. The molecule has 0 atom stereocenters. The van der Waals surface area contributed by atoms with Crippen LogP contribution in [-0.2, 0) is 19.6 Å². The number of rotatable bonds is 4. The zero-order valence-electron chi connectivity index (χ0n) is 13.0. The largest absolute Gasteiger partial charge is 0.378 e. The van der Waals surface area contributed by atoms with Crippen molar-refractivity contribution in [1.82, 2.24) is 10.6 Å². The first-order valence-corrected chi connectivity index (χ1v) is 7.50. The number of carbonyl (C=O) groups excluding carboxylic acids is 1. The van der Waals surface area contributed by atoms with Gasteiger partial charge in [0.05, 0.1) is 0 Å². The standard InChI is InChI=1S/C18H21N3O/c1-21(2)17-5-3-4-14(9-17)18(22)20-10-13-6-7-15-11-19-12-16(15)8-13/h3-9,19H,10-12H2,1-2H3,(H,20,22). The zero-order valence-corrected chi connectivity index (χ0v) is 13.0. The van der Waals surface area contributed by atoms with Crippen LogP contribution in [0, 0.1) is 0 Å². The number of benzene rings is 2. The molecule has 0 radical (unpaired) electrons. The molecule has 114 valence electrons. The van der Waals surface area contributed by atoms with Crippen molar-refractivity contribution in [3.8, 4) is 0 Å². The number of fused-ring (bicyclic) bond motifs is 1. The SMILES string of the molecule is CN(C)c1cccc(C(=O)NCc2ccc3c(c2)CNC3)c1. The molecule has 1 heterocycles. The van der Waals surface area contributed by atoms with Gasteiger partial charge in [-0.1, -0.05) is 24.3 Å². The van der Waals surface area contributed by atoms with Gasteiger partial charge in [0, 0.05) is 45.0 Å². The van der Waals surface area contributed by atoms with Crippen molar-refractivity contribution >= 4 is 11.6 Å². The van der Waals surface area contributed by atoms with Gasteiger partial charge < -0.3 is 15.5 Å². The third-order valence-electron chi connectivity index (χ3n) is 3.98. The minimum atomic E-state index is -0.0395. The van der Waals surface area contributed by atoms with Gasteiger partial charge in [-0.25, -0.2) is 0 Å². The summed E-state index contributed by atoms with van der Waals surface area (Å²) in [6, 6.07) is 14.0. The molecule has 4 heteroatoms. The molecule has 2 N–H and O–H groups in total. The Morgan fingerprint density at radius 3 is 2.77 bits per heavy atom. The van der Waals surface area contributed by atoms with Gasteiger partial charge in [-0.2, -0.15) is 0 Å². The summed E-state index contributed by atoms with van der Waals surface area (Å²) in [5, 5.41) is 6.33. The molecule has 0 fully saturated rings. The minimum Gasteiger partial charge on any atom is -0.378 e. The van der Waals surface area contributed by atoms with E-state index in [2.05, 4.69) is 28.8 Å². The Labute approximate surface area is 131 Å². The molecule has 22 heavy (non-hydrogen) atoms. The topological polar surface area (TPSA) is 44.4 Å². The molecule has 0 unspecified atom stereocenters. The molecule has 0 spiro atoms. The van der Waals surface area contributed by atoms with E-state index in [0.717, 1.165) is 24.3 Å². The van der Waals surface area contributed by atoms with Crippen LogP contribution in [0.3, 0.4) is 0 Å². The Kier molecular flexibility index (Phi) is 4.11. The number of hydrogen-bond donors (Lipinski definition) is 2. The molecule has 2 aromatic carbocycles. The highest BCUT2D eigenvalue weighted by Gasteiger charge is 2.11. The second kappa shape index (κ2) is 6.20. The number of carbonyl (C=O) groups is 1. The van der Waals surface area contributed by atoms with E-state index < -0.39 is 0 Å². The lowest BCUT2D eigenvalue weighted by atomic mass is 10.1. The molecular formula is C18H21N3O. The monoisotopic (exact) mass is 295 g/mol. The van der Waals surface area contributed by atoms with Crippen LogP contribution in [0.25, 0.3) is 0 Å². The van der Waals surface area contributed by atoms with Gasteiger partial charge in [-0.3, -0.25) is 4.79 Å². The Morgan fingerprint density at radius 2 is 1.95 bits per heavy atom. The number of amides is 1. The van der Waals surface area contributed by atoms with Crippen LogP contribution in [-0.4, -0.2) is 20.0 Å². The average molecular weight is 295 g/mol. The summed E-state index contributed by atoms with van der Waals surface area (Å²) < 4.78 is 0. The van der Waals surface area contributed by atoms with Crippen molar-refractivity contribution in [3.63, 3.8) is 0 Å². The highest BCUT2D eigenvalue weighted by molar-refractivity contribution is 5.95. The first-order chi connectivity index (χ1) is 10.6. The van der Waals surface area contributed by atoms with E-state index in [9.17, 15) is 4.79 Å². The Morgan fingerprint density at radius 1 is 1.14 bits per heavy atom. The van der Waals surface area contributed by atoms with Crippen molar-refractivity contribution in [2.45, 2.75) is 19.6 Å². The maximum Gasteiger partial charge on any atom is 0.251 e. The highest BCUT2D eigenvalue weighted by atomic mass is 16.1. The van der Waals surface area contributed by atoms with Gasteiger partial charge in [0.15, 0.2) is 0 Å². The molecule has 0 saturated carbocycles. The van der Waals surface area contributed by atoms with Crippen LogP contribution in [0.1, 0.15) is 27.0 Å².